The largest absolute Gasteiger partial charge is 0.506 e. The van der Waals surface area contributed by atoms with Gasteiger partial charge in [-0.05, 0) is 68.1 Å². The number of rotatable bonds is 3. The molecule has 2 aromatic rings. The predicted molar refractivity (Wildman–Crippen MR) is 84.8 cm³/mol. The highest BCUT2D eigenvalue weighted by Crippen LogP contribution is 2.33. The number of hydrogen-bond donors (Lipinski definition) is 2. The first-order chi connectivity index (χ1) is 8.99. The van der Waals surface area contributed by atoms with E-state index >= 15 is 0 Å². The molecule has 0 amide bonds. The van der Waals surface area contributed by atoms with Crippen molar-refractivity contribution in [3.05, 3.63) is 49.6 Å². The number of anilines is 1. The summed E-state index contributed by atoms with van der Waals surface area (Å²) in [5.74, 6) is 0.194. The number of hydrogen-bond acceptors (Lipinski definition) is 3. The summed E-state index contributed by atoms with van der Waals surface area (Å²) in [4.78, 5) is 4.05. The molecule has 2 rings (SSSR count). The van der Waals surface area contributed by atoms with Gasteiger partial charge in [0, 0.05) is 12.7 Å². The molecule has 0 aliphatic heterocycles. The average Bonchev–Trinajstić information content (AvgIpc) is 2.35. The Kier molecular flexibility index (Phi) is 4.71. The monoisotopic (exact) mass is 404 g/mol. The Morgan fingerprint density at radius 2 is 1.95 bits per heavy atom. The maximum absolute atomic E-state index is 9.66. The third-order valence-electron chi connectivity index (χ3n) is 2.66. The lowest BCUT2D eigenvalue weighted by Crippen LogP contribution is -2.02. The summed E-state index contributed by atoms with van der Waals surface area (Å²) < 4.78 is 1.29. The summed E-state index contributed by atoms with van der Waals surface area (Å²) in [7, 11) is 0. The molecule has 1 aromatic carbocycles. The molecular formula is C13H11Br2ClN2O. The molecule has 1 aromatic heterocycles. The zero-order valence-electron chi connectivity index (χ0n) is 10.0. The quantitative estimate of drug-likeness (QED) is 0.714. The summed E-state index contributed by atoms with van der Waals surface area (Å²) in [6.45, 7) is 2.56. The Morgan fingerprint density at radius 3 is 2.53 bits per heavy atom. The number of nitrogens with zero attached hydrogens (tertiary/aromatic N) is 1. The Morgan fingerprint density at radius 1 is 1.32 bits per heavy atom. The van der Waals surface area contributed by atoms with Gasteiger partial charge in [-0.25, -0.2) is 4.98 Å². The first-order valence-corrected chi connectivity index (χ1v) is 7.47. The van der Waals surface area contributed by atoms with Crippen LogP contribution in [0.15, 0.2) is 33.3 Å². The van der Waals surface area contributed by atoms with Crippen molar-refractivity contribution in [2.75, 3.05) is 5.32 Å². The van der Waals surface area contributed by atoms with Crippen LogP contribution < -0.4 is 5.32 Å². The molecule has 0 atom stereocenters. The van der Waals surface area contributed by atoms with Gasteiger partial charge in [0.15, 0.2) is 5.15 Å². The van der Waals surface area contributed by atoms with Gasteiger partial charge in [-0.1, -0.05) is 11.6 Å². The van der Waals surface area contributed by atoms with Crippen LogP contribution in [0, 0.1) is 6.92 Å². The van der Waals surface area contributed by atoms with Crippen LogP contribution in [0.25, 0.3) is 0 Å². The van der Waals surface area contributed by atoms with Crippen LogP contribution >= 0.6 is 43.5 Å². The van der Waals surface area contributed by atoms with Crippen LogP contribution in [0.5, 0.6) is 5.75 Å². The third-order valence-corrected chi connectivity index (χ3v) is 4.15. The fourth-order valence-electron chi connectivity index (χ4n) is 1.65. The maximum Gasteiger partial charge on any atom is 0.152 e. The highest BCUT2D eigenvalue weighted by atomic mass is 79.9. The number of aryl methyl sites for hydroxylation is 1. The average molecular weight is 407 g/mol. The fourth-order valence-corrected chi connectivity index (χ4v) is 3.20. The Bertz CT molecular complexity index is 576. The number of phenolic OH excluding ortho intramolecular Hbond substituents is 1. The first-order valence-electron chi connectivity index (χ1n) is 5.51. The van der Waals surface area contributed by atoms with E-state index in [1.165, 1.54) is 0 Å². The Labute approximate surface area is 133 Å². The predicted octanol–water partition coefficient (Wildman–Crippen LogP) is 4.89. The van der Waals surface area contributed by atoms with Gasteiger partial charge in [0.05, 0.1) is 14.6 Å². The van der Waals surface area contributed by atoms with Crippen LogP contribution in [-0.4, -0.2) is 10.1 Å². The van der Waals surface area contributed by atoms with E-state index < -0.39 is 0 Å². The summed E-state index contributed by atoms with van der Waals surface area (Å²) in [6.07, 6.45) is 1.68. The molecule has 0 spiro atoms. The third kappa shape index (κ3) is 3.41. The van der Waals surface area contributed by atoms with Gasteiger partial charge in [-0.2, -0.15) is 0 Å². The van der Waals surface area contributed by atoms with E-state index in [0.717, 1.165) is 16.8 Å². The smallest absolute Gasteiger partial charge is 0.152 e. The molecule has 0 aliphatic carbocycles. The zero-order valence-corrected chi connectivity index (χ0v) is 14.0. The van der Waals surface area contributed by atoms with Crippen LogP contribution in [0.2, 0.25) is 5.15 Å². The molecule has 100 valence electrons. The molecule has 0 radical (unpaired) electrons. The van der Waals surface area contributed by atoms with Gasteiger partial charge in [0.1, 0.15) is 5.75 Å². The molecule has 1 heterocycles. The first kappa shape index (κ1) is 14.6. The maximum atomic E-state index is 9.66. The van der Waals surface area contributed by atoms with Crippen LogP contribution in [-0.2, 0) is 6.54 Å². The topological polar surface area (TPSA) is 45.2 Å². The fraction of sp³-hybridized carbons (Fsp3) is 0.154. The second kappa shape index (κ2) is 6.11. The van der Waals surface area contributed by atoms with Crippen molar-refractivity contribution in [2.45, 2.75) is 13.5 Å². The van der Waals surface area contributed by atoms with Crippen LogP contribution in [0.4, 0.5) is 5.69 Å². The van der Waals surface area contributed by atoms with Crippen molar-refractivity contribution >= 4 is 49.1 Å². The Balaban J connectivity index is 2.19. The minimum absolute atomic E-state index is 0.194. The van der Waals surface area contributed by atoms with Crippen molar-refractivity contribution in [3.63, 3.8) is 0 Å². The number of pyridine rings is 1. The summed E-state index contributed by atoms with van der Waals surface area (Å²) in [6, 6.07) is 5.61. The SMILES string of the molecule is Cc1ccnc(Cl)c1NCc1cc(Br)c(O)c(Br)c1. The van der Waals surface area contributed by atoms with Crippen molar-refractivity contribution in [1.29, 1.82) is 0 Å². The van der Waals surface area contributed by atoms with Gasteiger partial charge in [-0.15, -0.1) is 0 Å². The molecule has 0 bridgehead atoms. The van der Waals surface area contributed by atoms with Crippen molar-refractivity contribution in [2.24, 2.45) is 0 Å². The summed E-state index contributed by atoms with van der Waals surface area (Å²) >= 11 is 12.7. The normalized spacial score (nSPS) is 10.5. The van der Waals surface area contributed by atoms with E-state index in [0.29, 0.717) is 20.6 Å². The van der Waals surface area contributed by atoms with E-state index in [1.807, 2.05) is 25.1 Å². The number of benzene rings is 1. The molecule has 3 nitrogen and oxygen atoms in total. The number of nitrogens with one attached hydrogen (secondary N) is 1. The van der Waals surface area contributed by atoms with E-state index in [-0.39, 0.29) is 5.75 Å². The van der Waals surface area contributed by atoms with Gasteiger partial charge in [-0.3, -0.25) is 0 Å². The highest BCUT2D eigenvalue weighted by molar-refractivity contribution is 9.11. The van der Waals surface area contributed by atoms with Crippen LogP contribution in [0.1, 0.15) is 11.1 Å². The van der Waals surface area contributed by atoms with E-state index in [1.54, 1.807) is 6.20 Å². The second-order valence-electron chi connectivity index (χ2n) is 4.06. The van der Waals surface area contributed by atoms with Crippen molar-refractivity contribution in [1.82, 2.24) is 4.98 Å². The van der Waals surface area contributed by atoms with Gasteiger partial charge in [0.25, 0.3) is 0 Å². The lowest BCUT2D eigenvalue weighted by atomic mass is 10.2. The minimum atomic E-state index is 0.194. The van der Waals surface area contributed by atoms with E-state index in [2.05, 4.69) is 42.2 Å². The van der Waals surface area contributed by atoms with Crippen molar-refractivity contribution < 1.29 is 5.11 Å². The molecule has 0 saturated heterocycles. The molecular weight excluding hydrogens is 395 g/mol. The van der Waals surface area contributed by atoms with Crippen molar-refractivity contribution in [3.8, 4) is 5.75 Å². The lowest BCUT2D eigenvalue weighted by Gasteiger charge is -2.12. The molecule has 2 N–H and O–H groups in total. The lowest BCUT2D eigenvalue weighted by molar-refractivity contribution is 0.468. The Hall–Kier alpha value is -0.780. The number of halogens is 3. The summed E-state index contributed by atoms with van der Waals surface area (Å²) in [5, 5.41) is 13.4. The van der Waals surface area contributed by atoms with E-state index in [4.69, 9.17) is 11.6 Å². The molecule has 0 unspecified atom stereocenters. The van der Waals surface area contributed by atoms with E-state index in [9.17, 15) is 5.11 Å². The number of aromatic hydroxyl groups is 1. The van der Waals surface area contributed by atoms with Crippen LogP contribution in [0.3, 0.4) is 0 Å². The standard InChI is InChI=1S/C13H11Br2ClN2O/c1-7-2-3-17-13(16)11(7)18-6-8-4-9(14)12(19)10(15)5-8/h2-5,18-19H,6H2,1H3. The summed E-state index contributed by atoms with van der Waals surface area (Å²) in [5.41, 5.74) is 2.87. The minimum Gasteiger partial charge on any atom is -0.506 e. The molecule has 0 fully saturated rings. The van der Waals surface area contributed by atoms with Gasteiger partial charge >= 0.3 is 0 Å². The second-order valence-corrected chi connectivity index (χ2v) is 6.12. The highest BCUT2D eigenvalue weighted by Gasteiger charge is 2.08. The zero-order chi connectivity index (χ0) is 14.0. The number of aromatic nitrogens is 1. The number of phenols is 1. The molecule has 0 saturated carbocycles. The van der Waals surface area contributed by atoms with Gasteiger partial charge < -0.3 is 10.4 Å². The molecule has 19 heavy (non-hydrogen) atoms. The van der Waals surface area contributed by atoms with Gasteiger partial charge in [0.2, 0.25) is 0 Å². The molecule has 0 aliphatic rings. The molecule has 6 heteroatoms.